The lowest BCUT2D eigenvalue weighted by molar-refractivity contribution is 0.406. The van der Waals surface area contributed by atoms with Crippen molar-refractivity contribution in [2.75, 3.05) is 11.8 Å². The van der Waals surface area contributed by atoms with Gasteiger partial charge in [0.2, 0.25) is 0 Å². The summed E-state index contributed by atoms with van der Waals surface area (Å²) in [4.78, 5) is 0.290. The lowest BCUT2D eigenvalue weighted by Gasteiger charge is -2.17. The van der Waals surface area contributed by atoms with E-state index in [1.807, 2.05) is 39.0 Å². The maximum Gasteiger partial charge on any atom is 0.262 e. The van der Waals surface area contributed by atoms with Gasteiger partial charge in [0.1, 0.15) is 5.75 Å². The number of hydrogen-bond donors (Lipinski definition) is 1. The molecule has 0 unspecified atom stereocenters. The summed E-state index contributed by atoms with van der Waals surface area (Å²) in [5.41, 5.74) is 3.14. The highest BCUT2D eigenvalue weighted by Gasteiger charge is 2.21. The highest BCUT2D eigenvalue weighted by Crippen LogP contribution is 2.32. The third-order valence-corrected chi connectivity index (χ3v) is 5.59. The molecule has 0 aliphatic carbocycles. The third kappa shape index (κ3) is 3.73. The number of nitrogens with one attached hydrogen (secondary N) is 1. The fraction of sp³-hybridized carbons (Fsp3) is 0.368. The highest BCUT2D eigenvalue weighted by molar-refractivity contribution is 7.92. The van der Waals surface area contributed by atoms with Crippen molar-refractivity contribution in [1.82, 2.24) is 0 Å². The van der Waals surface area contributed by atoms with Gasteiger partial charge in [-0.2, -0.15) is 0 Å². The van der Waals surface area contributed by atoms with Gasteiger partial charge >= 0.3 is 0 Å². The predicted molar refractivity (Wildman–Crippen MR) is 98.4 cm³/mol. The second kappa shape index (κ2) is 7.26. The molecule has 0 fully saturated rings. The van der Waals surface area contributed by atoms with Crippen molar-refractivity contribution in [3.05, 3.63) is 53.1 Å². The first-order valence-electron chi connectivity index (χ1n) is 8.09. The van der Waals surface area contributed by atoms with Crippen LogP contribution in [0.4, 0.5) is 5.69 Å². The molecule has 0 spiro atoms. The summed E-state index contributed by atoms with van der Waals surface area (Å²) in [5, 5.41) is 0. The van der Waals surface area contributed by atoms with E-state index in [4.69, 9.17) is 4.74 Å². The van der Waals surface area contributed by atoms with Crippen molar-refractivity contribution in [1.29, 1.82) is 0 Å². The fourth-order valence-corrected chi connectivity index (χ4v) is 4.09. The van der Waals surface area contributed by atoms with Gasteiger partial charge in [0.05, 0.1) is 17.7 Å². The van der Waals surface area contributed by atoms with E-state index >= 15 is 0 Å². The quantitative estimate of drug-likeness (QED) is 0.837. The number of anilines is 1. The Morgan fingerprint density at radius 3 is 2.42 bits per heavy atom. The summed E-state index contributed by atoms with van der Waals surface area (Å²) >= 11 is 0. The molecule has 5 heteroatoms. The van der Waals surface area contributed by atoms with E-state index in [0.717, 1.165) is 23.3 Å². The van der Waals surface area contributed by atoms with Gasteiger partial charge in [0.15, 0.2) is 0 Å². The van der Waals surface area contributed by atoms with Crippen molar-refractivity contribution in [2.45, 2.75) is 44.9 Å². The fourth-order valence-electron chi connectivity index (χ4n) is 2.72. The minimum absolute atomic E-state index is 0.164. The number of para-hydroxylation sites is 1. The normalized spacial score (nSPS) is 11.6. The van der Waals surface area contributed by atoms with E-state index in [0.29, 0.717) is 11.3 Å². The Bertz CT molecular complexity index is 827. The van der Waals surface area contributed by atoms with Crippen LogP contribution in [0, 0.1) is 6.92 Å². The molecule has 24 heavy (non-hydrogen) atoms. The molecule has 1 N–H and O–H groups in total. The molecule has 2 aromatic rings. The van der Waals surface area contributed by atoms with Crippen LogP contribution >= 0.6 is 0 Å². The molecule has 0 saturated heterocycles. The zero-order valence-electron chi connectivity index (χ0n) is 14.9. The molecule has 0 saturated carbocycles. The molecule has 2 rings (SSSR count). The number of methoxy groups -OCH3 is 1. The number of ether oxygens (including phenoxy) is 1. The average Bonchev–Trinajstić information content (AvgIpc) is 2.54. The van der Waals surface area contributed by atoms with E-state index in [-0.39, 0.29) is 10.8 Å². The predicted octanol–water partition coefficient (Wildman–Crippen LogP) is 4.49. The van der Waals surface area contributed by atoms with E-state index in [9.17, 15) is 8.42 Å². The lowest BCUT2D eigenvalue weighted by Crippen LogP contribution is -2.16. The van der Waals surface area contributed by atoms with E-state index in [1.54, 1.807) is 32.2 Å². The van der Waals surface area contributed by atoms with Crippen molar-refractivity contribution in [3.8, 4) is 5.75 Å². The molecule has 0 heterocycles. The minimum Gasteiger partial charge on any atom is -0.496 e. The average molecular weight is 347 g/mol. The van der Waals surface area contributed by atoms with Crippen LogP contribution in [0.1, 0.15) is 43.4 Å². The Hall–Kier alpha value is -2.01. The van der Waals surface area contributed by atoms with Gasteiger partial charge in [-0.3, -0.25) is 4.72 Å². The Labute approximate surface area is 144 Å². The van der Waals surface area contributed by atoms with Crippen LogP contribution in [0.5, 0.6) is 5.75 Å². The first-order valence-corrected chi connectivity index (χ1v) is 9.57. The third-order valence-electron chi connectivity index (χ3n) is 4.08. The van der Waals surface area contributed by atoms with Gasteiger partial charge in [-0.25, -0.2) is 8.42 Å². The molecular weight excluding hydrogens is 322 g/mol. The number of rotatable bonds is 6. The van der Waals surface area contributed by atoms with E-state index in [1.165, 1.54) is 0 Å². The van der Waals surface area contributed by atoms with Crippen molar-refractivity contribution in [2.24, 2.45) is 0 Å². The topological polar surface area (TPSA) is 55.4 Å². The molecule has 4 nitrogen and oxygen atoms in total. The maximum atomic E-state index is 12.9. The first-order chi connectivity index (χ1) is 11.3. The summed E-state index contributed by atoms with van der Waals surface area (Å²) in [6.07, 6.45) is 0.761. The van der Waals surface area contributed by atoms with Gasteiger partial charge in [-0.05, 0) is 54.2 Å². The van der Waals surface area contributed by atoms with Gasteiger partial charge in [-0.15, -0.1) is 0 Å². The number of sulfonamides is 1. The second-order valence-electron chi connectivity index (χ2n) is 6.13. The zero-order valence-corrected chi connectivity index (χ0v) is 15.7. The molecule has 0 atom stereocenters. The SMILES string of the molecule is CCc1ccccc1NS(=O)(=O)c1cc(C(C)C)c(OC)cc1C. The van der Waals surface area contributed by atoms with Crippen LogP contribution < -0.4 is 9.46 Å². The van der Waals surface area contributed by atoms with Crippen LogP contribution in [0.2, 0.25) is 0 Å². The number of benzene rings is 2. The molecule has 0 radical (unpaired) electrons. The molecular formula is C19H25NO3S. The maximum absolute atomic E-state index is 12.9. The molecule has 0 amide bonds. The Kier molecular flexibility index (Phi) is 5.54. The molecule has 0 aliphatic rings. The lowest BCUT2D eigenvalue weighted by atomic mass is 10.0. The largest absolute Gasteiger partial charge is 0.496 e. The summed E-state index contributed by atoms with van der Waals surface area (Å²) in [6.45, 7) is 7.82. The highest BCUT2D eigenvalue weighted by atomic mass is 32.2. The van der Waals surface area contributed by atoms with Crippen LogP contribution in [0.25, 0.3) is 0 Å². The van der Waals surface area contributed by atoms with Crippen molar-refractivity contribution >= 4 is 15.7 Å². The zero-order chi connectivity index (χ0) is 17.9. The summed E-state index contributed by atoms with van der Waals surface area (Å²) in [5.74, 6) is 0.882. The van der Waals surface area contributed by atoms with Crippen molar-refractivity contribution < 1.29 is 13.2 Å². The van der Waals surface area contributed by atoms with Crippen LogP contribution in [-0.2, 0) is 16.4 Å². The van der Waals surface area contributed by atoms with Gasteiger partial charge in [0, 0.05) is 0 Å². The van der Waals surface area contributed by atoms with Crippen LogP contribution in [0.3, 0.4) is 0 Å². The number of aryl methyl sites for hydroxylation is 2. The summed E-state index contributed by atoms with van der Waals surface area (Å²) < 4.78 is 34.0. The molecule has 0 aliphatic heterocycles. The van der Waals surface area contributed by atoms with Crippen LogP contribution in [-0.4, -0.2) is 15.5 Å². The van der Waals surface area contributed by atoms with Gasteiger partial charge < -0.3 is 4.74 Å². The molecule has 0 bridgehead atoms. The van der Waals surface area contributed by atoms with Crippen molar-refractivity contribution in [3.63, 3.8) is 0 Å². The minimum atomic E-state index is -3.66. The van der Waals surface area contributed by atoms with E-state index < -0.39 is 10.0 Å². The summed E-state index contributed by atoms with van der Waals surface area (Å²) in [7, 11) is -2.06. The van der Waals surface area contributed by atoms with Gasteiger partial charge in [0.25, 0.3) is 10.0 Å². The molecule has 130 valence electrons. The molecule has 2 aromatic carbocycles. The monoisotopic (exact) mass is 347 g/mol. The Morgan fingerprint density at radius 2 is 1.83 bits per heavy atom. The van der Waals surface area contributed by atoms with Gasteiger partial charge in [-0.1, -0.05) is 39.0 Å². The standard InChI is InChI=1S/C19H25NO3S/c1-6-15-9-7-8-10-17(15)20-24(21,22)19-12-16(13(2)3)18(23-5)11-14(19)4/h7-13,20H,6H2,1-5H3. The molecule has 0 aromatic heterocycles. The Morgan fingerprint density at radius 1 is 1.17 bits per heavy atom. The Balaban J connectivity index is 2.51. The van der Waals surface area contributed by atoms with Crippen LogP contribution in [0.15, 0.2) is 41.3 Å². The second-order valence-corrected chi connectivity index (χ2v) is 7.78. The smallest absolute Gasteiger partial charge is 0.262 e. The first kappa shape index (κ1) is 18.3. The number of hydrogen-bond acceptors (Lipinski definition) is 3. The summed E-state index contributed by atoms with van der Waals surface area (Å²) in [6, 6.07) is 11.0. The van der Waals surface area contributed by atoms with E-state index in [2.05, 4.69) is 4.72 Å².